The van der Waals surface area contributed by atoms with Crippen molar-refractivity contribution < 1.29 is 18.0 Å². The maximum atomic E-state index is 12.8. The average molecular weight is 405 g/mol. The molecule has 0 aromatic heterocycles. The van der Waals surface area contributed by atoms with Crippen LogP contribution in [0.5, 0.6) is 0 Å². The van der Waals surface area contributed by atoms with Gasteiger partial charge in [-0.3, -0.25) is 9.59 Å². The Morgan fingerprint density at radius 1 is 1.22 bits per heavy atom. The summed E-state index contributed by atoms with van der Waals surface area (Å²) in [6.07, 6.45) is -0.132. The summed E-state index contributed by atoms with van der Waals surface area (Å²) in [4.78, 5) is 24.6. The van der Waals surface area contributed by atoms with E-state index < -0.39 is 15.1 Å². The third kappa shape index (κ3) is 4.70. The van der Waals surface area contributed by atoms with Crippen LogP contribution in [0.4, 0.5) is 5.69 Å². The van der Waals surface area contributed by atoms with Crippen LogP contribution in [0.25, 0.3) is 0 Å². The standard InChI is InChI=1S/C19H20N2O4S2/c1-13(9-18(22)20-11-14-5-3-2-4-6-14)27(24,25)15-7-8-17-16(10-15)21-19(23)12-26-17/h2-8,10,13H,9,11-12H2,1H3,(H,20,22)(H,21,23)/t13-/m1/s1. The molecule has 3 rings (SSSR count). The molecule has 0 fully saturated rings. The Morgan fingerprint density at radius 3 is 2.70 bits per heavy atom. The van der Waals surface area contributed by atoms with Crippen LogP contribution in [0.1, 0.15) is 18.9 Å². The number of hydrogen-bond acceptors (Lipinski definition) is 5. The van der Waals surface area contributed by atoms with Crippen LogP contribution in [0.15, 0.2) is 58.3 Å². The van der Waals surface area contributed by atoms with E-state index in [0.29, 0.717) is 18.0 Å². The number of fused-ring (bicyclic) bond motifs is 1. The van der Waals surface area contributed by atoms with Crippen LogP contribution in [0.3, 0.4) is 0 Å². The zero-order chi connectivity index (χ0) is 19.4. The zero-order valence-corrected chi connectivity index (χ0v) is 16.4. The molecule has 1 atom stereocenters. The van der Waals surface area contributed by atoms with E-state index in [4.69, 9.17) is 0 Å². The highest BCUT2D eigenvalue weighted by molar-refractivity contribution is 8.00. The Bertz CT molecular complexity index is 959. The van der Waals surface area contributed by atoms with Crippen molar-refractivity contribution in [2.45, 2.75) is 34.9 Å². The van der Waals surface area contributed by atoms with Crippen LogP contribution < -0.4 is 10.6 Å². The predicted molar refractivity (Wildman–Crippen MR) is 105 cm³/mol. The molecule has 8 heteroatoms. The molecular formula is C19H20N2O4S2. The third-order valence-electron chi connectivity index (χ3n) is 4.25. The van der Waals surface area contributed by atoms with Crippen LogP contribution in [0.2, 0.25) is 0 Å². The molecule has 0 bridgehead atoms. The Kier molecular flexibility index (Phi) is 5.86. The molecule has 142 valence electrons. The van der Waals surface area contributed by atoms with Crippen LogP contribution >= 0.6 is 11.8 Å². The van der Waals surface area contributed by atoms with Gasteiger partial charge in [0.25, 0.3) is 0 Å². The number of carbonyl (C=O) groups is 2. The molecule has 1 aliphatic rings. The highest BCUT2D eigenvalue weighted by Crippen LogP contribution is 2.34. The monoisotopic (exact) mass is 404 g/mol. The van der Waals surface area contributed by atoms with Crippen LogP contribution in [0, 0.1) is 0 Å². The molecule has 0 unspecified atom stereocenters. The van der Waals surface area contributed by atoms with Crippen molar-refractivity contribution in [2.24, 2.45) is 0 Å². The Morgan fingerprint density at radius 2 is 1.96 bits per heavy atom. The topological polar surface area (TPSA) is 92.3 Å². The molecule has 0 aliphatic carbocycles. The van der Waals surface area contributed by atoms with Crippen molar-refractivity contribution in [2.75, 3.05) is 11.1 Å². The minimum absolute atomic E-state index is 0.104. The smallest absolute Gasteiger partial charge is 0.234 e. The van der Waals surface area contributed by atoms with E-state index in [2.05, 4.69) is 10.6 Å². The lowest BCUT2D eigenvalue weighted by Gasteiger charge is -2.18. The van der Waals surface area contributed by atoms with E-state index in [1.165, 1.54) is 30.8 Å². The van der Waals surface area contributed by atoms with E-state index in [0.717, 1.165) is 10.5 Å². The second-order valence-corrected chi connectivity index (χ2v) is 9.70. The molecule has 2 amide bonds. The van der Waals surface area contributed by atoms with Crippen molar-refractivity contribution in [3.8, 4) is 0 Å². The van der Waals surface area contributed by atoms with Crippen molar-refractivity contribution >= 4 is 39.1 Å². The molecule has 27 heavy (non-hydrogen) atoms. The SMILES string of the molecule is C[C@H](CC(=O)NCc1ccccc1)S(=O)(=O)c1ccc2c(c1)NC(=O)CS2. The highest BCUT2D eigenvalue weighted by atomic mass is 32.2. The number of anilines is 1. The second-order valence-electron chi connectivity index (χ2n) is 6.32. The van der Waals surface area contributed by atoms with Gasteiger partial charge in [-0.1, -0.05) is 30.3 Å². The summed E-state index contributed by atoms with van der Waals surface area (Å²) in [5.74, 6) is -0.163. The maximum Gasteiger partial charge on any atom is 0.234 e. The first kappa shape index (κ1) is 19.4. The van der Waals surface area contributed by atoms with E-state index in [-0.39, 0.29) is 23.1 Å². The number of carbonyl (C=O) groups excluding carboxylic acids is 2. The van der Waals surface area contributed by atoms with Gasteiger partial charge in [0.15, 0.2) is 9.84 Å². The quantitative estimate of drug-likeness (QED) is 0.772. The zero-order valence-electron chi connectivity index (χ0n) is 14.8. The molecule has 0 saturated heterocycles. The third-order valence-corrected chi connectivity index (χ3v) is 7.46. The highest BCUT2D eigenvalue weighted by Gasteiger charge is 2.27. The number of rotatable bonds is 6. The molecular weight excluding hydrogens is 384 g/mol. The van der Waals surface area contributed by atoms with Crippen molar-refractivity contribution in [3.63, 3.8) is 0 Å². The first-order valence-electron chi connectivity index (χ1n) is 8.47. The number of benzene rings is 2. The second kappa shape index (κ2) is 8.14. The van der Waals surface area contributed by atoms with E-state index in [9.17, 15) is 18.0 Å². The van der Waals surface area contributed by atoms with Crippen molar-refractivity contribution in [1.29, 1.82) is 0 Å². The average Bonchev–Trinajstić information content (AvgIpc) is 2.66. The van der Waals surface area contributed by atoms with Gasteiger partial charge >= 0.3 is 0 Å². The van der Waals surface area contributed by atoms with Gasteiger partial charge in [0.2, 0.25) is 11.8 Å². The largest absolute Gasteiger partial charge is 0.352 e. The van der Waals surface area contributed by atoms with Gasteiger partial charge in [0.1, 0.15) is 0 Å². The lowest BCUT2D eigenvalue weighted by Crippen LogP contribution is -2.30. The van der Waals surface area contributed by atoms with Gasteiger partial charge < -0.3 is 10.6 Å². The molecule has 0 radical (unpaired) electrons. The maximum absolute atomic E-state index is 12.8. The fourth-order valence-corrected chi connectivity index (χ4v) is 4.87. The fraction of sp³-hybridized carbons (Fsp3) is 0.263. The van der Waals surface area contributed by atoms with Gasteiger partial charge in [-0.05, 0) is 30.7 Å². The summed E-state index contributed by atoms with van der Waals surface area (Å²) in [6, 6.07) is 14.1. The van der Waals surface area contributed by atoms with Gasteiger partial charge in [-0.25, -0.2) is 8.42 Å². The Hall–Kier alpha value is -2.32. The number of nitrogens with one attached hydrogen (secondary N) is 2. The van der Waals surface area contributed by atoms with Crippen LogP contribution in [-0.2, 0) is 26.0 Å². The summed E-state index contributed by atoms with van der Waals surface area (Å²) >= 11 is 1.37. The summed E-state index contributed by atoms with van der Waals surface area (Å²) < 4.78 is 25.6. The molecule has 2 aromatic carbocycles. The summed E-state index contributed by atoms with van der Waals surface area (Å²) in [6.45, 7) is 1.87. The molecule has 1 heterocycles. The number of sulfone groups is 1. The van der Waals surface area contributed by atoms with Gasteiger partial charge in [-0.15, -0.1) is 11.8 Å². The molecule has 0 saturated carbocycles. The predicted octanol–water partition coefficient (Wildman–Crippen LogP) is 2.60. The number of thioether (sulfide) groups is 1. The van der Waals surface area contributed by atoms with Crippen LogP contribution in [-0.4, -0.2) is 31.2 Å². The van der Waals surface area contributed by atoms with E-state index >= 15 is 0 Å². The normalized spacial score (nSPS) is 14.8. The molecule has 2 N–H and O–H groups in total. The van der Waals surface area contributed by atoms with Gasteiger partial charge in [0.05, 0.1) is 21.6 Å². The summed E-state index contributed by atoms with van der Waals surface area (Å²) in [5.41, 5.74) is 1.45. The number of amides is 2. The molecule has 1 aliphatic heterocycles. The Labute approximate surface area is 162 Å². The van der Waals surface area contributed by atoms with Gasteiger partial charge in [0, 0.05) is 17.9 Å². The minimum Gasteiger partial charge on any atom is -0.352 e. The van der Waals surface area contributed by atoms with Gasteiger partial charge in [-0.2, -0.15) is 0 Å². The van der Waals surface area contributed by atoms with E-state index in [1.54, 1.807) is 6.07 Å². The molecule has 6 nitrogen and oxygen atoms in total. The minimum atomic E-state index is -3.69. The first-order chi connectivity index (χ1) is 12.9. The van der Waals surface area contributed by atoms with Crippen molar-refractivity contribution in [3.05, 3.63) is 54.1 Å². The lowest BCUT2D eigenvalue weighted by atomic mass is 10.2. The Balaban J connectivity index is 1.66. The lowest BCUT2D eigenvalue weighted by molar-refractivity contribution is -0.121. The van der Waals surface area contributed by atoms with E-state index in [1.807, 2.05) is 30.3 Å². The van der Waals surface area contributed by atoms with Crippen molar-refractivity contribution in [1.82, 2.24) is 5.32 Å². The molecule has 0 spiro atoms. The fourth-order valence-electron chi connectivity index (χ4n) is 2.71. The number of hydrogen-bond donors (Lipinski definition) is 2. The molecule has 2 aromatic rings. The summed E-state index contributed by atoms with van der Waals surface area (Å²) in [7, 11) is -3.69. The summed E-state index contributed by atoms with van der Waals surface area (Å²) in [5, 5.41) is 4.56. The first-order valence-corrected chi connectivity index (χ1v) is 11.0.